The summed E-state index contributed by atoms with van der Waals surface area (Å²) in [6.45, 7) is 0.991. The van der Waals surface area contributed by atoms with E-state index in [9.17, 15) is 9.18 Å². The van der Waals surface area contributed by atoms with Gasteiger partial charge in [-0.25, -0.2) is 4.39 Å². The van der Waals surface area contributed by atoms with Crippen molar-refractivity contribution in [2.24, 2.45) is 5.92 Å². The van der Waals surface area contributed by atoms with Crippen LogP contribution < -0.4 is 10.2 Å². The Hall–Kier alpha value is -2.77. The summed E-state index contributed by atoms with van der Waals surface area (Å²) in [7, 11) is 0. The van der Waals surface area contributed by atoms with Crippen LogP contribution in [0.15, 0.2) is 30.1 Å². The molecule has 2 heterocycles. The molecule has 1 aromatic carbocycles. The summed E-state index contributed by atoms with van der Waals surface area (Å²) in [6, 6.07) is 5.59. The van der Waals surface area contributed by atoms with Crippen LogP contribution in [0.5, 0.6) is 0 Å². The monoisotopic (exact) mass is 356 g/mol. The summed E-state index contributed by atoms with van der Waals surface area (Å²) < 4.78 is 13.6. The SMILES string of the molecule is O=C(CCC1CC1)Nc1ccc(N2CCC=C(F)C2)cc1-c1nn[nH]n1. The van der Waals surface area contributed by atoms with Crippen LogP contribution in [0.1, 0.15) is 32.1 Å². The Morgan fingerprint density at radius 3 is 3.00 bits per heavy atom. The van der Waals surface area contributed by atoms with E-state index in [-0.39, 0.29) is 18.3 Å². The number of rotatable bonds is 6. The minimum Gasteiger partial charge on any atom is -0.365 e. The highest BCUT2D eigenvalue weighted by molar-refractivity contribution is 5.95. The Kier molecular flexibility index (Phi) is 4.64. The number of benzene rings is 1. The molecular formula is C18H21FN6O. The molecule has 0 radical (unpaired) electrons. The molecule has 1 saturated carbocycles. The highest BCUT2D eigenvalue weighted by Crippen LogP contribution is 2.34. The average Bonchev–Trinajstić information content (AvgIpc) is 3.32. The molecule has 1 aliphatic carbocycles. The van der Waals surface area contributed by atoms with Crippen LogP contribution in [0.4, 0.5) is 15.8 Å². The average molecular weight is 356 g/mol. The second-order valence-electron chi connectivity index (χ2n) is 6.86. The van der Waals surface area contributed by atoms with Crippen molar-refractivity contribution >= 4 is 17.3 Å². The van der Waals surface area contributed by atoms with E-state index in [1.54, 1.807) is 6.08 Å². The van der Waals surface area contributed by atoms with Gasteiger partial charge in [-0.3, -0.25) is 4.79 Å². The normalized spacial score (nSPS) is 17.1. The van der Waals surface area contributed by atoms with E-state index in [0.717, 1.165) is 18.7 Å². The number of aromatic amines is 1. The van der Waals surface area contributed by atoms with E-state index in [2.05, 4.69) is 25.9 Å². The molecule has 0 unspecified atom stereocenters. The molecule has 2 aromatic rings. The lowest BCUT2D eigenvalue weighted by Crippen LogP contribution is -2.28. The minimum atomic E-state index is -0.130. The number of hydrogen-bond acceptors (Lipinski definition) is 5. The molecule has 0 atom stereocenters. The van der Waals surface area contributed by atoms with Gasteiger partial charge < -0.3 is 10.2 Å². The number of halogens is 1. The number of hydrogen-bond donors (Lipinski definition) is 2. The molecule has 2 aliphatic rings. The first kappa shape index (κ1) is 16.7. The predicted molar refractivity (Wildman–Crippen MR) is 96.2 cm³/mol. The Bertz CT molecular complexity index is 815. The summed E-state index contributed by atoms with van der Waals surface area (Å²) in [5.41, 5.74) is 2.18. The van der Waals surface area contributed by atoms with E-state index in [4.69, 9.17) is 0 Å². The van der Waals surface area contributed by atoms with Crippen LogP contribution in [-0.2, 0) is 4.79 Å². The Morgan fingerprint density at radius 2 is 2.27 bits per heavy atom. The number of H-pyrrole nitrogens is 1. The first-order valence-corrected chi connectivity index (χ1v) is 8.96. The number of nitrogens with zero attached hydrogens (tertiary/aromatic N) is 4. The van der Waals surface area contributed by atoms with Gasteiger partial charge in [0.25, 0.3) is 0 Å². The third-order valence-corrected chi connectivity index (χ3v) is 4.81. The number of carbonyl (C=O) groups is 1. The number of tetrazole rings is 1. The van der Waals surface area contributed by atoms with Gasteiger partial charge in [0.05, 0.1) is 12.2 Å². The van der Waals surface area contributed by atoms with Gasteiger partial charge in [-0.1, -0.05) is 12.8 Å². The summed E-state index contributed by atoms with van der Waals surface area (Å²) >= 11 is 0. The van der Waals surface area contributed by atoms with Gasteiger partial charge in [-0.15, -0.1) is 10.2 Å². The molecule has 8 heteroatoms. The maximum Gasteiger partial charge on any atom is 0.224 e. The first-order chi connectivity index (χ1) is 12.7. The van der Waals surface area contributed by atoms with E-state index in [0.29, 0.717) is 35.8 Å². The van der Waals surface area contributed by atoms with Crippen molar-refractivity contribution in [3.8, 4) is 11.4 Å². The molecular weight excluding hydrogens is 335 g/mol. The zero-order valence-corrected chi connectivity index (χ0v) is 14.4. The van der Waals surface area contributed by atoms with Crippen LogP contribution >= 0.6 is 0 Å². The van der Waals surface area contributed by atoms with Crippen LogP contribution in [0.3, 0.4) is 0 Å². The van der Waals surface area contributed by atoms with E-state index in [1.165, 1.54) is 12.8 Å². The molecule has 26 heavy (non-hydrogen) atoms. The van der Waals surface area contributed by atoms with E-state index in [1.807, 2.05) is 23.1 Å². The molecule has 1 fully saturated rings. The second kappa shape index (κ2) is 7.23. The molecule has 4 rings (SSSR count). The second-order valence-corrected chi connectivity index (χ2v) is 6.86. The lowest BCUT2D eigenvalue weighted by atomic mass is 10.1. The maximum atomic E-state index is 13.6. The Labute approximate surface area is 150 Å². The Morgan fingerprint density at radius 1 is 1.38 bits per heavy atom. The van der Waals surface area contributed by atoms with Crippen LogP contribution in [0.2, 0.25) is 0 Å². The highest BCUT2D eigenvalue weighted by atomic mass is 19.1. The number of carbonyl (C=O) groups excluding carboxylic acids is 1. The van der Waals surface area contributed by atoms with Crippen LogP contribution in [0, 0.1) is 5.92 Å². The number of amides is 1. The van der Waals surface area contributed by atoms with Crippen LogP contribution in [-0.4, -0.2) is 39.6 Å². The van der Waals surface area contributed by atoms with Gasteiger partial charge in [0.15, 0.2) is 0 Å². The smallest absolute Gasteiger partial charge is 0.224 e. The molecule has 136 valence electrons. The third-order valence-electron chi connectivity index (χ3n) is 4.81. The molecule has 2 N–H and O–H groups in total. The van der Waals surface area contributed by atoms with E-state index < -0.39 is 0 Å². The fraction of sp³-hybridized carbons (Fsp3) is 0.444. The van der Waals surface area contributed by atoms with E-state index >= 15 is 0 Å². The molecule has 0 bridgehead atoms. The number of nitrogens with one attached hydrogen (secondary N) is 2. The minimum absolute atomic E-state index is 0.0126. The standard InChI is InChI=1S/C18H21FN6O/c19-13-2-1-9-25(11-13)14-6-7-16(15(10-14)18-21-23-24-22-18)20-17(26)8-5-12-3-4-12/h2,6-7,10,12H,1,3-5,8-9,11H2,(H,20,26)(H,21,22,23,24). The predicted octanol–water partition coefficient (Wildman–Crippen LogP) is 3.06. The van der Waals surface area contributed by atoms with Gasteiger partial charge in [0.1, 0.15) is 5.83 Å². The zero-order chi connectivity index (χ0) is 17.9. The largest absolute Gasteiger partial charge is 0.365 e. The van der Waals surface area contributed by atoms with Crippen molar-refractivity contribution < 1.29 is 9.18 Å². The van der Waals surface area contributed by atoms with Gasteiger partial charge in [0, 0.05) is 24.2 Å². The summed E-state index contributed by atoms with van der Waals surface area (Å²) in [5, 5.41) is 17.1. The lowest BCUT2D eigenvalue weighted by Gasteiger charge is -2.27. The molecule has 1 aromatic heterocycles. The number of aromatic nitrogens is 4. The fourth-order valence-corrected chi connectivity index (χ4v) is 3.18. The quantitative estimate of drug-likeness (QED) is 0.831. The molecule has 1 aliphatic heterocycles. The van der Waals surface area contributed by atoms with Crippen molar-refractivity contribution in [3.05, 3.63) is 30.1 Å². The topological polar surface area (TPSA) is 86.8 Å². The lowest BCUT2D eigenvalue weighted by molar-refractivity contribution is -0.116. The highest BCUT2D eigenvalue weighted by Gasteiger charge is 2.22. The zero-order valence-electron chi connectivity index (χ0n) is 14.4. The van der Waals surface area contributed by atoms with Crippen molar-refractivity contribution in [2.45, 2.75) is 32.1 Å². The van der Waals surface area contributed by atoms with Crippen molar-refractivity contribution in [2.75, 3.05) is 23.3 Å². The van der Waals surface area contributed by atoms with Gasteiger partial charge >= 0.3 is 0 Å². The van der Waals surface area contributed by atoms with Gasteiger partial charge in [0.2, 0.25) is 11.7 Å². The summed E-state index contributed by atoms with van der Waals surface area (Å²) in [6.07, 6.45) is 6.20. The van der Waals surface area contributed by atoms with Crippen molar-refractivity contribution in [3.63, 3.8) is 0 Å². The number of anilines is 2. The summed E-state index contributed by atoms with van der Waals surface area (Å²) in [4.78, 5) is 14.2. The van der Waals surface area contributed by atoms with Crippen molar-refractivity contribution in [1.29, 1.82) is 0 Å². The fourth-order valence-electron chi connectivity index (χ4n) is 3.18. The molecule has 0 spiro atoms. The molecule has 1 amide bonds. The van der Waals surface area contributed by atoms with Gasteiger partial charge in [-0.2, -0.15) is 5.21 Å². The van der Waals surface area contributed by atoms with Gasteiger partial charge in [-0.05, 0) is 48.2 Å². The molecule has 7 nitrogen and oxygen atoms in total. The maximum absolute atomic E-state index is 13.6. The van der Waals surface area contributed by atoms with Crippen LogP contribution in [0.25, 0.3) is 11.4 Å². The summed E-state index contributed by atoms with van der Waals surface area (Å²) in [5.74, 6) is 0.968. The third kappa shape index (κ3) is 3.89. The Balaban J connectivity index is 1.56. The first-order valence-electron chi connectivity index (χ1n) is 8.96. The van der Waals surface area contributed by atoms with Crippen molar-refractivity contribution in [1.82, 2.24) is 20.6 Å². The molecule has 0 saturated heterocycles.